The zero-order valence-electron chi connectivity index (χ0n) is 9.92. The number of benzene rings is 2. The molecule has 17 heavy (non-hydrogen) atoms. The largest absolute Gasteiger partial charge is 0.397 e. The zero-order chi connectivity index (χ0) is 12.4. The second-order valence-corrected chi connectivity index (χ2v) is 4.98. The van der Waals surface area contributed by atoms with E-state index in [1.807, 2.05) is 30.3 Å². The van der Waals surface area contributed by atoms with Crippen LogP contribution >= 0.6 is 15.9 Å². The van der Waals surface area contributed by atoms with Crippen molar-refractivity contribution in [3.05, 3.63) is 52.0 Å². The maximum absolute atomic E-state index is 5.95. The highest BCUT2D eigenvalue weighted by Crippen LogP contribution is 2.29. The number of nitrogen functional groups attached to an aromatic ring is 1. The summed E-state index contributed by atoms with van der Waals surface area (Å²) in [5, 5.41) is 3.37. The van der Waals surface area contributed by atoms with E-state index < -0.39 is 0 Å². The van der Waals surface area contributed by atoms with Gasteiger partial charge >= 0.3 is 0 Å². The van der Waals surface area contributed by atoms with Crippen LogP contribution in [0, 0.1) is 13.8 Å². The van der Waals surface area contributed by atoms with Crippen molar-refractivity contribution in [2.24, 2.45) is 0 Å². The number of nitrogens with one attached hydrogen (secondary N) is 1. The number of aryl methyl sites for hydroxylation is 1. The predicted octanol–water partition coefficient (Wildman–Crippen LogP) is 4.39. The second kappa shape index (κ2) is 4.80. The SMILES string of the molecule is Cc1ccc(N)c(Nc2cccc(Br)c2C)c1. The summed E-state index contributed by atoms with van der Waals surface area (Å²) < 4.78 is 1.09. The lowest BCUT2D eigenvalue weighted by molar-refractivity contribution is 1.39. The first-order valence-corrected chi connectivity index (χ1v) is 6.25. The summed E-state index contributed by atoms with van der Waals surface area (Å²) in [7, 11) is 0. The monoisotopic (exact) mass is 290 g/mol. The molecule has 2 rings (SSSR count). The molecule has 0 aliphatic heterocycles. The third-order valence-electron chi connectivity index (χ3n) is 2.75. The molecule has 0 spiro atoms. The van der Waals surface area contributed by atoms with E-state index in [0.29, 0.717) is 0 Å². The third-order valence-corrected chi connectivity index (χ3v) is 3.60. The highest BCUT2D eigenvalue weighted by molar-refractivity contribution is 9.10. The van der Waals surface area contributed by atoms with E-state index in [1.165, 1.54) is 11.1 Å². The van der Waals surface area contributed by atoms with Crippen molar-refractivity contribution >= 4 is 33.0 Å². The van der Waals surface area contributed by atoms with Gasteiger partial charge in [-0.15, -0.1) is 0 Å². The van der Waals surface area contributed by atoms with E-state index in [9.17, 15) is 0 Å². The fourth-order valence-electron chi connectivity index (χ4n) is 1.67. The summed E-state index contributed by atoms with van der Waals surface area (Å²) in [6.07, 6.45) is 0. The first-order valence-electron chi connectivity index (χ1n) is 5.46. The number of anilines is 3. The van der Waals surface area contributed by atoms with E-state index >= 15 is 0 Å². The molecule has 2 nitrogen and oxygen atoms in total. The van der Waals surface area contributed by atoms with Crippen LogP contribution in [0.15, 0.2) is 40.9 Å². The van der Waals surface area contributed by atoms with Crippen molar-refractivity contribution in [2.45, 2.75) is 13.8 Å². The van der Waals surface area contributed by atoms with Crippen LogP contribution in [0.2, 0.25) is 0 Å². The maximum Gasteiger partial charge on any atom is 0.0620 e. The zero-order valence-corrected chi connectivity index (χ0v) is 11.5. The molecule has 0 radical (unpaired) electrons. The number of hydrogen-bond donors (Lipinski definition) is 2. The Kier molecular flexibility index (Phi) is 3.38. The van der Waals surface area contributed by atoms with Crippen molar-refractivity contribution in [1.82, 2.24) is 0 Å². The molecule has 3 N–H and O–H groups in total. The van der Waals surface area contributed by atoms with Gasteiger partial charge in [0.15, 0.2) is 0 Å². The Hall–Kier alpha value is -1.48. The summed E-state index contributed by atoms with van der Waals surface area (Å²) in [5.41, 5.74) is 11.1. The van der Waals surface area contributed by atoms with Gasteiger partial charge in [-0.3, -0.25) is 0 Å². The molecule has 0 saturated heterocycles. The van der Waals surface area contributed by atoms with Crippen molar-refractivity contribution < 1.29 is 0 Å². The Morgan fingerprint density at radius 3 is 2.59 bits per heavy atom. The predicted molar refractivity (Wildman–Crippen MR) is 77.8 cm³/mol. The molecule has 0 bridgehead atoms. The third kappa shape index (κ3) is 2.61. The molecule has 0 amide bonds. The molecular weight excluding hydrogens is 276 g/mol. The molecule has 2 aromatic rings. The van der Waals surface area contributed by atoms with Crippen molar-refractivity contribution in [3.8, 4) is 0 Å². The fourth-order valence-corrected chi connectivity index (χ4v) is 2.03. The van der Waals surface area contributed by atoms with Crippen LogP contribution in [0.25, 0.3) is 0 Å². The number of hydrogen-bond acceptors (Lipinski definition) is 2. The van der Waals surface area contributed by atoms with Gasteiger partial charge in [-0.25, -0.2) is 0 Å². The number of rotatable bonds is 2. The first kappa shape index (κ1) is 12.0. The molecule has 0 aliphatic rings. The Labute approximate surface area is 110 Å². The minimum Gasteiger partial charge on any atom is -0.397 e. The van der Waals surface area contributed by atoms with Gasteiger partial charge in [0.1, 0.15) is 0 Å². The normalized spacial score (nSPS) is 10.3. The molecule has 0 aliphatic carbocycles. The standard InChI is InChI=1S/C14H15BrN2/c1-9-6-7-12(16)14(8-9)17-13-5-3-4-11(15)10(13)2/h3-8,17H,16H2,1-2H3. The van der Waals surface area contributed by atoms with Crippen molar-refractivity contribution in [1.29, 1.82) is 0 Å². The topological polar surface area (TPSA) is 38.0 Å². The molecule has 0 aromatic heterocycles. The number of halogens is 1. The van der Waals surface area contributed by atoms with E-state index in [2.05, 4.69) is 41.2 Å². The Morgan fingerprint density at radius 1 is 1.06 bits per heavy atom. The van der Waals surface area contributed by atoms with Gasteiger partial charge in [-0.05, 0) is 49.2 Å². The molecule has 3 heteroatoms. The summed E-state index contributed by atoms with van der Waals surface area (Å²) in [4.78, 5) is 0. The van der Waals surface area contributed by atoms with Gasteiger partial charge in [-0.2, -0.15) is 0 Å². The highest BCUT2D eigenvalue weighted by Gasteiger charge is 2.04. The molecule has 0 heterocycles. The number of nitrogens with two attached hydrogens (primary N) is 1. The molecule has 0 unspecified atom stereocenters. The first-order chi connectivity index (χ1) is 8.08. The Morgan fingerprint density at radius 2 is 1.82 bits per heavy atom. The lowest BCUT2D eigenvalue weighted by Gasteiger charge is -2.13. The molecule has 0 atom stereocenters. The average Bonchev–Trinajstić information content (AvgIpc) is 2.30. The van der Waals surface area contributed by atoms with Crippen molar-refractivity contribution in [2.75, 3.05) is 11.1 Å². The summed E-state index contributed by atoms with van der Waals surface area (Å²) in [5.74, 6) is 0. The quantitative estimate of drug-likeness (QED) is 0.805. The fraction of sp³-hybridized carbons (Fsp3) is 0.143. The van der Waals surface area contributed by atoms with Gasteiger partial charge in [0.05, 0.1) is 11.4 Å². The Balaban J connectivity index is 2.38. The second-order valence-electron chi connectivity index (χ2n) is 4.13. The lowest BCUT2D eigenvalue weighted by atomic mass is 10.1. The van der Waals surface area contributed by atoms with E-state index in [-0.39, 0.29) is 0 Å². The van der Waals surface area contributed by atoms with Crippen molar-refractivity contribution in [3.63, 3.8) is 0 Å². The van der Waals surface area contributed by atoms with Gasteiger partial charge in [0.25, 0.3) is 0 Å². The molecule has 0 saturated carbocycles. The minimum atomic E-state index is 0.759. The van der Waals surface area contributed by atoms with Crippen LogP contribution < -0.4 is 11.1 Å². The Bertz CT molecular complexity index is 550. The van der Waals surface area contributed by atoms with Crippen LogP contribution in [-0.2, 0) is 0 Å². The van der Waals surface area contributed by atoms with E-state index in [1.54, 1.807) is 0 Å². The molecule has 0 fully saturated rings. The van der Waals surface area contributed by atoms with Gasteiger partial charge in [0, 0.05) is 10.2 Å². The van der Waals surface area contributed by atoms with Gasteiger partial charge in [-0.1, -0.05) is 28.1 Å². The lowest BCUT2D eigenvalue weighted by Crippen LogP contribution is -1.98. The van der Waals surface area contributed by atoms with Crippen LogP contribution in [0.3, 0.4) is 0 Å². The summed E-state index contributed by atoms with van der Waals surface area (Å²) >= 11 is 3.52. The summed E-state index contributed by atoms with van der Waals surface area (Å²) in [6.45, 7) is 4.12. The van der Waals surface area contributed by atoms with Crippen LogP contribution in [0.4, 0.5) is 17.1 Å². The van der Waals surface area contributed by atoms with E-state index in [0.717, 1.165) is 21.5 Å². The molecule has 2 aromatic carbocycles. The smallest absolute Gasteiger partial charge is 0.0620 e. The van der Waals surface area contributed by atoms with Crippen LogP contribution in [0.5, 0.6) is 0 Å². The molecular formula is C14H15BrN2. The van der Waals surface area contributed by atoms with E-state index in [4.69, 9.17) is 5.73 Å². The average molecular weight is 291 g/mol. The highest BCUT2D eigenvalue weighted by atomic mass is 79.9. The van der Waals surface area contributed by atoms with Gasteiger partial charge in [0.2, 0.25) is 0 Å². The van der Waals surface area contributed by atoms with Crippen LogP contribution in [0.1, 0.15) is 11.1 Å². The van der Waals surface area contributed by atoms with Crippen LogP contribution in [-0.4, -0.2) is 0 Å². The summed E-state index contributed by atoms with van der Waals surface area (Å²) in [6, 6.07) is 12.1. The maximum atomic E-state index is 5.95. The minimum absolute atomic E-state index is 0.759. The van der Waals surface area contributed by atoms with Gasteiger partial charge < -0.3 is 11.1 Å². The molecule has 88 valence electrons.